The number of benzene rings is 1. The lowest BCUT2D eigenvalue weighted by atomic mass is 10.1. The molecule has 1 aliphatic rings. The normalized spacial score (nSPS) is 14.2. The zero-order valence-corrected chi connectivity index (χ0v) is 15.7. The highest BCUT2D eigenvalue weighted by Gasteiger charge is 2.34. The van der Waals surface area contributed by atoms with E-state index in [-0.39, 0.29) is 61.4 Å². The van der Waals surface area contributed by atoms with Gasteiger partial charge in [0.25, 0.3) is 11.8 Å². The Labute approximate surface area is 159 Å². The summed E-state index contributed by atoms with van der Waals surface area (Å²) in [6.07, 6.45) is -5.22. The molecule has 0 unspecified atom stereocenters. The topological polar surface area (TPSA) is 73.8 Å². The molecule has 1 aliphatic heterocycles. The minimum Gasteiger partial charge on any atom is -0.356 e. The first-order valence-electron chi connectivity index (χ1n) is 7.30. The van der Waals surface area contributed by atoms with Crippen LogP contribution in [0.15, 0.2) is 29.3 Å². The molecule has 1 aromatic carbocycles. The Kier molecular flexibility index (Phi) is 7.64. The molecular formula is C15H18F3IN4O2. The second-order valence-corrected chi connectivity index (χ2v) is 5.10. The van der Waals surface area contributed by atoms with E-state index >= 15 is 0 Å². The first kappa shape index (κ1) is 21.2. The molecule has 0 saturated carbocycles. The lowest BCUT2D eigenvalue weighted by Crippen LogP contribution is -2.43. The SMILES string of the molecule is CN=C(NCCN1C(=O)c2ccccc2C1=O)NCCC(F)(F)F.I. The maximum absolute atomic E-state index is 12.1. The molecule has 25 heavy (non-hydrogen) atoms. The lowest BCUT2D eigenvalue weighted by Gasteiger charge is -2.16. The second-order valence-electron chi connectivity index (χ2n) is 5.10. The first-order valence-corrected chi connectivity index (χ1v) is 7.30. The molecule has 0 aromatic heterocycles. The Balaban J connectivity index is 0.00000312. The third-order valence-electron chi connectivity index (χ3n) is 3.43. The molecule has 6 nitrogen and oxygen atoms in total. The standard InChI is InChI=1S/C15H17F3N4O2.HI/c1-19-14(20-7-6-15(16,17)18)21-8-9-22-12(23)10-4-2-3-5-11(10)13(22)24;/h2-5H,6-9H2,1H3,(H2,19,20,21);1H. The number of nitrogens with zero attached hydrogens (tertiary/aromatic N) is 2. The third kappa shape index (κ3) is 5.58. The molecule has 0 bridgehead atoms. The summed E-state index contributed by atoms with van der Waals surface area (Å²) in [4.78, 5) is 29.2. The lowest BCUT2D eigenvalue weighted by molar-refractivity contribution is -0.132. The molecule has 10 heteroatoms. The molecule has 0 aliphatic carbocycles. The summed E-state index contributed by atoms with van der Waals surface area (Å²) >= 11 is 0. The van der Waals surface area contributed by atoms with Crippen LogP contribution in [0.2, 0.25) is 0 Å². The number of carbonyl (C=O) groups is 2. The van der Waals surface area contributed by atoms with Gasteiger partial charge in [-0.1, -0.05) is 12.1 Å². The number of fused-ring (bicyclic) bond motifs is 1. The number of rotatable bonds is 5. The predicted molar refractivity (Wildman–Crippen MR) is 97.3 cm³/mol. The highest BCUT2D eigenvalue weighted by atomic mass is 127. The molecule has 138 valence electrons. The molecule has 0 atom stereocenters. The smallest absolute Gasteiger partial charge is 0.356 e. The van der Waals surface area contributed by atoms with Gasteiger partial charge in [-0.25, -0.2) is 0 Å². The Hall–Kier alpha value is -1.85. The van der Waals surface area contributed by atoms with Gasteiger partial charge in [0, 0.05) is 26.7 Å². The van der Waals surface area contributed by atoms with Crippen molar-refractivity contribution < 1.29 is 22.8 Å². The van der Waals surface area contributed by atoms with Gasteiger partial charge in [-0.05, 0) is 12.1 Å². The minimum atomic E-state index is -4.24. The van der Waals surface area contributed by atoms with Crippen molar-refractivity contribution >= 4 is 41.8 Å². The largest absolute Gasteiger partial charge is 0.390 e. The molecule has 2 amide bonds. The Morgan fingerprint density at radius 2 is 1.60 bits per heavy atom. The monoisotopic (exact) mass is 470 g/mol. The summed E-state index contributed by atoms with van der Waals surface area (Å²) < 4.78 is 36.3. The van der Waals surface area contributed by atoms with Crippen LogP contribution in [0.5, 0.6) is 0 Å². The zero-order valence-electron chi connectivity index (χ0n) is 13.4. The van der Waals surface area contributed by atoms with Crippen molar-refractivity contribution in [1.82, 2.24) is 15.5 Å². The maximum Gasteiger partial charge on any atom is 0.390 e. The second kappa shape index (κ2) is 9.02. The Morgan fingerprint density at radius 3 is 2.08 bits per heavy atom. The van der Waals surface area contributed by atoms with E-state index in [0.29, 0.717) is 11.1 Å². The van der Waals surface area contributed by atoms with Crippen LogP contribution in [-0.4, -0.2) is 55.5 Å². The molecule has 2 N–H and O–H groups in total. The van der Waals surface area contributed by atoms with Crippen LogP contribution in [0.1, 0.15) is 27.1 Å². The van der Waals surface area contributed by atoms with Crippen LogP contribution in [0.3, 0.4) is 0 Å². The van der Waals surface area contributed by atoms with Crippen molar-refractivity contribution in [2.75, 3.05) is 26.7 Å². The van der Waals surface area contributed by atoms with Crippen LogP contribution < -0.4 is 10.6 Å². The van der Waals surface area contributed by atoms with Crippen LogP contribution in [0.25, 0.3) is 0 Å². The fourth-order valence-corrected chi connectivity index (χ4v) is 2.27. The summed E-state index contributed by atoms with van der Waals surface area (Å²) in [6.45, 7) is -0.0420. The van der Waals surface area contributed by atoms with E-state index in [1.54, 1.807) is 24.3 Å². The first-order chi connectivity index (χ1) is 11.3. The van der Waals surface area contributed by atoms with E-state index in [1.807, 2.05) is 0 Å². The quantitative estimate of drug-likeness (QED) is 0.299. The van der Waals surface area contributed by atoms with Crippen molar-refractivity contribution in [3.8, 4) is 0 Å². The summed E-state index contributed by atoms with van der Waals surface area (Å²) in [5, 5.41) is 5.30. The van der Waals surface area contributed by atoms with Gasteiger partial charge in [-0.3, -0.25) is 19.5 Å². The number of hydrogen-bond donors (Lipinski definition) is 2. The van der Waals surface area contributed by atoms with Crippen molar-refractivity contribution in [3.05, 3.63) is 35.4 Å². The average molecular weight is 470 g/mol. The molecular weight excluding hydrogens is 452 g/mol. The summed E-state index contributed by atoms with van der Waals surface area (Å²) in [7, 11) is 1.42. The fourth-order valence-electron chi connectivity index (χ4n) is 2.27. The van der Waals surface area contributed by atoms with Crippen molar-refractivity contribution in [1.29, 1.82) is 0 Å². The number of hydrogen-bond acceptors (Lipinski definition) is 3. The number of alkyl halides is 3. The molecule has 1 heterocycles. The summed E-state index contributed by atoms with van der Waals surface area (Å²) in [6, 6.07) is 6.53. The average Bonchev–Trinajstić information content (AvgIpc) is 2.77. The number of carbonyl (C=O) groups excluding carboxylic acids is 2. The van der Waals surface area contributed by atoms with Crippen LogP contribution in [-0.2, 0) is 0 Å². The molecule has 1 aromatic rings. The number of aliphatic imine (C=N–C) groups is 1. The molecule has 0 fully saturated rings. The highest BCUT2D eigenvalue weighted by Crippen LogP contribution is 2.21. The van der Waals surface area contributed by atoms with Gasteiger partial charge in [0.15, 0.2) is 5.96 Å². The van der Waals surface area contributed by atoms with E-state index < -0.39 is 12.6 Å². The Bertz CT molecular complexity index is 629. The van der Waals surface area contributed by atoms with Crippen molar-refractivity contribution in [2.45, 2.75) is 12.6 Å². The maximum atomic E-state index is 12.1. The van der Waals surface area contributed by atoms with Gasteiger partial charge in [0.1, 0.15) is 0 Å². The van der Waals surface area contributed by atoms with E-state index in [4.69, 9.17) is 0 Å². The van der Waals surface area contributed by atoms with Gasteiger partial charge >= 0.3 is 6.18 Å². The highest BCUT2D eigenvalue weighted by molar-refractivity contribution is 14.0. The van der Waals surface area contributed by atoms with Gasteiger partial charge in [-0.2, -0.15) is 13.2 Å². The van der Waals surface area contributed by atoms with E-state index in [9.17, 15) is 22.8 Å². The van der Waals surface area contributed by atoms with Crippen LogP contribution in [0.4, 0.5) is 13.2 Å². The van der Waals surface area contributed by atoms with E-state index in [0.717, 1.165) is 4.90 Å². The van der Waals surface area contributed by atoms with E-state index in [2.05, 4.69) is 15.6 Å². The zero-order chi connectivity index (χ0) is 17.7. The van der Waals surface area contributed by atoms with Crippen LogP contribution in [0, 0.1) is 0 Å². The summed E-state index contributed by atoms with van der Waals surface area (Å²) in [5.41, 5.74) is 0.713. The fraction of sp³-hybridized carbons (Fsp3) is 0.400. The number of nitrogens with one attached hydrogen (secondary N) is 2. The van der Waals surface area contributed by atoms with Gasteiger partial charge in [0.2, 0.25) is 0 Å². The molecule has 0 radical (unpaired) electrons. The predicted octanol–water partition coefficient (Wildman–Crippen LogP) is 2.02. The van der Waals surface area contributed by atoms with E-state index in [1.165, 1.54) is 7.05 Å². The van der Waals surface area contributed by atoms with Crippen molar-refractivity contribution in [3.63, 3.8) is 0 Å². The van der Waals surface area contributed by atoms with Crippen molar-refractivity contribution in [2.24, 2.45) is 4.99 Å². The molecule has 0 spiro atoms. The number of guanidine groups is 1. The number of imide groups is 1. The van der Waals surface area contributed by atoms with Crippen LogP contribution >= 0.6 is 24.0 Å². The molecule has 0 saturated heterocycles. The Morgan fingerprint density at radius 1 is 1.08 bits per heavy atom. The third-order valence-corrected chi connectivity index (χ3v) is 3.43. The number of amides is 2. The number of halogens is 4. The van der Waals surface area contributed by atoms with Gasteiger partial charge in [-0.15, -0.1) is 24.0 Å². The molecule has 2 rings (SSSR count). The minimum absolute atomic E-state index is 0. The van der Waals surface area contributed by atoms with Gasteiger partial charge in [0.05, 0.1) is 17.5 Å². The summed E-state index contributed by atoms with van der Waals surface area (Å²) in [5.74, 6) is -0.578. The van der Waals surface area contributed by atoms with Gasteiger partial charge < -0.3 is 10.6 Å².